The Kier molecular flexibility index (Phi) is 6.59. The van der Waals surface area contributed by atoms with Gasteiger partial charge in [-0.3, -0.25) is 4.79 Å². The van der Waals surface area contributed by atoms with Crippen LogP contribution in [0.1, 0.15) is 34.9 Å². The molecule has 0 bridgehead atoms. The molecule has 0 N–H and O–H groups in total. The van der Waals surface area contributed by atoms with Crippen molar-refractivity contribution in [1.29, 1.82) is 0 Å². The van der Waals surface area contributed by atoms with E-state index in [1.165, 1.54) is 27.4 Å². The minimum absolute atomic E-state index is 0.153. The highest BCUT2D eigenvalue weighted by Crippen LogP contribution is 2.40. The summed E-state index contributed by atoms with van der Waals surface area (Å²) in [5.41, 5.74) is 0.775. The number of esters is 1. The molecular formula is C22H25NO6. The third kappa shape index (κ3) is 4.29. The second-order valence-corrected chi connectivity index (χ2v) is 6.61. The molecule has 29 heavy (non-hydrogen) atoms. The summed E-state index contributed by atoms with van der Waals surface area (Å²) in [5, 5.41) is 0. The smallest absolute Gasteiger partial charge is 0.343 e. The molecule has 2 aromatic carbocycles. The Bertz CT molecular complexity index is 861. The lowest BCUT2D eigenvalue weighted by atomic mass is 10.1. The molecule has 0 aliphatic carbocycles. The van der Waals surface area contributed by atoms with Gasteiger partial charge in [0.1, 0.15) is 5.56 Å². The zero-order valence-electron chi connectivity index (χ0n) is 16.8. The van der Waals surface area contributed by atoms with E-state index in [2.05, 4.69) is 0 Å². The standard InChI is InChI=1S/C22H25NO6/c1-26-17-12-11-16(19(27-2)20(17)28-3)22(25)29-18(15-9-5-4-6-10-15)21(24)23-13-7-8-14-23/h4-6,9-12,18H,7-8,13-14H2,1-3H3/t18-/m0/s1. The largest absolute Gasteiger partial charge is 0.493 e. The molecule has 0 unspecified atom stereocenters. The van der Waals surface area contributed by atoms with Gasteiger partial charge in [0.25, 0.3) is 5.91 Å². The molecule has 7 heteroatoms. The van der Waals surface area contributed by atoms with Crippen LogP contribution in [0, 0.1) is 0 Å². The predicted octanol–water partition coefficient (Wildman–Crippen LogP) is 3.23. The van der Waals surface area contributed by atoms with Crippen LogP contribution in [0.2, 0.25) is 0 Å². The van der Waals surface area contributed by atoms with E-state index in [4.69, 9.17) is 18.9 Å². The summed E-state index contributed by atoms with van der Waals surface area (Å²) in [6, 6.07) is 12.1. The van der Waals surface area contributed by atoms with Crippen molar-refractivity contribution in [2.45, 2.75) is 18.9 Å². The first kappa shape index (κ1) is 20.5. The average Bonchev–Trinajstić information content (AvgIpc) is 3.31. The minimum Gasteiger partial charge on any atom is -0.493 e. The minimum atomic E-state index is -1.03. The van der Waals surface area contributed by atoms with Crippen molar-refractivity contribution in [3.05, 3.63) is 53.6 Å². The van der Waals surface area contributed by atoms with Crippen LogP contribution < -0.4 is 14.2 Å². The molecule has 0 saturated carbocycles. The van der Waals surface area contributed by atoms with E-state index in [0.29, 0.717) is 24.4 Å². The number of amides is 1. The van der Waals surface area contributed by atoms with Gasteiger partial charge in [-0.15, -0.1) is 0 Å². The highest BCUT2D eigenvalue weighted by Gasteiger charge is 2.32. The lowest BCUT2D eigenvalue weighted by Gasteiger charge is -2.24. The zero-order valence-corrected chi connectivity index (χ0v) is 16.8. The molecule has 1 aliphatic heterocycles. The maximum Gasteiger partial charge on any atom is 0.343 e. The van der Waals surface area contributed by atoms with Crippen LogP contribution in [0.3, 0.4) is 0 Å². The predicted molar refractivity (Wildman–Crippen MR) is 107 cm³/mol. The number of likely N-dealkylation sites (tertiary alicyclic amines) is 1. The Morgan fingerprint density at radius 1 is 0.862 bits per heavy atom. The van der Waals surface area contributed by atoms with Gasteiger partial charge in [0.15, 0.2) is 11.5 Å². The Hall–Kier alpha value is -3.22. The van der Waals surface area contributed by atoms with Crippen molar-refractivity contribution in [2.75, 3.05) is 34.4 Å². The molecule has 1 heterocycles. The Balaban J connectivity index is 1.93. The van der Waals surface area contributed by atoms with E-state index in [1.54, 1.807) is 23.1 Å². The first-order chi connectivity index (χ1) is 14.1. The number of rotatable bonds is 7. The summed E-state index contributed by atoms with van der Waals surface area (Å²) in [5.74, 6) is 0.00297. The summed E-state index contributed by atoms with van der Waals surface area (Å²) in [6.07, 6.45) is 0.870. The number of nitrogens with zero attached hydrogens (tertiary/aromatic N) is 1. The van der Waals surface area contributed by atoms with Crippen LogP contribution >= 0.6 is 0 Å². The molecule has 2 aromatic rings. The van der Waals surface area contributed by atoms with E-state index in [9.17, 15) is 9.59 Å². The van der Waals surface area contributed by atoms with Gasteiger partial charge in [-0.05, 0) is 25.0 Å². The number of hydrogen-bond acceptors (Lipinski definition) is 6. The molecular weight excluding hydrogens is 374 g/mol. The van der Waals surface area contributed by atoms with Gasteiger partial charge in [0.05, 0.1) is 21.3 Å². The summed E-state index contributed by atoms with van der Waals surface area (Å²) < 4.78 is 21.7. The lowest BCUT2D eigenvalue weighted by Crippen LogP contribution is -2.35. The topological polar surface area (TPSA) is 74.3 Å². The third-order valence-corrected chi connectivity index (χ3v) is 4.89. The molecule has 154 valence electrons. The molecule has 0 aromatic heterocycles. The second kappa shape index (κ2) is 9.32. The number of ether oxygens (including phenoxy) is 4. The number of carbonyl (C=O) groups is 2. The first-order valence-corrected chi connectivity index (χ1v) is 9.44. The van der Waals surface area contributed by atoms with Crippen molar-refractivity contribution in [3.63, 3.8) is 0 Å². The SMILES string of the molecule is COc1ccc(C(=O)O[C@H](C(=O)N2CCCC2)c2ccccc2)c(OC)c1OC. The average molecular weight is 399 g/mol. The highest BCUT2D eigenvalue weighted by atomic mass is 16.6. The van der Waals surface area contributed by atoms with Gasteiger partial charge in [-0.25, -0.2) is 4.79 Å². The van der Waals surface area contributed by atoms with E-state index in [-0.39, 0.29) is 23.0 Å². The van der Waals surface area contributed by atoms with Gasteiger partial charge in [0.2, 0.25) is 11.9 Å². The molecule has 1 saturated heterocycles. The van der Waals surface area contributed by atoms with Gasteiger partial charge in [-0.1, -0.05) is 30.3 Å². The van der Waals surface area contributed by atoms with Crippen molar-refractivity contribution in [2.24, 2.45) is 0 Å². The lowest BCUT2D eigenvalue weighted by molar-refractivity contribution is -0.140. The van der Waals surface area contributed by atoms with Gasteiger partial charge in [0, 0.05) is 18.7 Å². The fourth-order valence-electron chi connectivity index (χ4n) is 3.42. The van der Waals surface area contributed by atoms with Gasteiger partial charge >= 0.3 is 5.97 Å². The van der Waals surface area contributed by atoms with Gasteiger partial charge < -0.3 is 23.8 Å². The molecule has 3 rings (SSSR count). The maximum absolute atomic E-state index is 13.1. The van der Waals surface area contributed by atoms with Crippen molar-refractivity contribution < 1.29 is 28.5 Å². The normalized spacial score (nSPS) is 14.2. The first-order valence-electron chi connectivity index (χ1n) is 9.44. The van der Waals surface area contributed by atoms with Crippen LogP contribution in [-0.2, 0) is 9.53 Å². The summed E-state index contributed by atoms with van der Waals surface area (Å²) in [6.45, 7) is 1.33. The van der Waals surface area contributed by atoms with E-state index >= 15 is 0 Å². The molecule has 7 nitrogen and oxygen atoms in total. The van der Waals surface area contributed by atoms with E-state index < -0.39 is 12.1 Å². The molecule has 1 fully saturated rings. The third-order valence-electron chi connectivity index (χ3n) is 4.89. The highest BCUT2D eigenvalue weighted by molar-refractivity contribution is 5.96. The van der Waals surface area contributed by atoms with Crippen LogP contribution in [0.5, 0.6) is 17.2 Å². The number of carbonyl (C=O) groups excluding carboxylic acids is 2. The zero-order chi connectivity index (χ0) is 20.8. The fourth-order valence-corrected chi connectivity index (χ4v) is 3.42. The number of hydrogen-bond donors (Lipinski definition) is 0. The van der Waals surface area contributed by atoms with Crippen LogP contribution in [-0.4, -0.2) is 51.2 Å². The van der Waals surface area contributed by atoms with Crippen LogP contribution in [0.25, 0.3) is 0 Å². The fraction of sp³-hybridized carbons (Fsp3) is 0.364. The molecule has 0 radical (unpaired) electrons. The van der Waals surface area contributed by atoms with Crippen LogP contribution in [0.4, 0.5) is 0 Å². The molecule has 1 amide bonds. The molecule has 0 spiro atoms. The van der Waals surface area contributed by atoms with Crippen LogP contribution in [0.15, 0.2) is 42.5 Å². The Labute approximate surface area is 170 Å². The Morgan fingerprint density at radius 3 is 2.10 bits per heavy atom. The van der Waals surface area contributed by atoms with E-state index in [1.807, 2.05) is 18.2 Å². The molecule has 1 atom stereocenters. The number of benzene rings is 2. The summed E-state index contributed by atoms with van der Waals surface area (Å²) >= 11 is 0. The quantitative estimate of drug-likeness (QED) is 0.666. The molecule has 1 aliphatic rings. The van der Waals surface area contributed by atoms with Crippen molar-refractivity contribution in [3.8, 4) is 17.2 Å². The Morgan fingerprint density at radius 2 is 1.52 bits per heavy atom. The van der Waals surface area contributed by atoms with E-state index in [0.717, 1.165) is 12.8 Å². The van der Waals surface area contributed by atoms with Gasteiger partial charge in [-0.2, -0.15) is 0 Å². The summed E-state index contributed by atoms with van der Waals surface area (Å²) in [4.78, 5) is 27.8. The summed E-state index contributed by atoms with van der Waals surface area (Å²) in [7, 11) is 4.38. The monoisotopic (exact) mass is 399 g/mol. The van der Waals surface area contributed by atoms with Crippen molar-refractivity contribution in [1.82, 2.24) is 4.90 Å². The van der Waals surface area contributed by atoms with Crippen molar-refractivity contribution >= 4 is 11.9 Å². The maximum atomic E-state index is 13.1. The number of methoxy groups -OCH3 is 3. The second-order valence-electron chi connectivity index (χ2n) is 6.61.